The topological polar surface area (TPSA) is 43.4 Å². The monoisotopic (exact) mass is 206 g/mol. The highest BCUT2D eigenvalue weighted by atomic mass is 32.2. The van der Waals surface area contributed by atoms with Crippen LogP contribution in [0, 0.1) is 11.8 Å². The first-order chi connectivity index (χ1) is 5.88. The molecule has 3 unspecified atom stereocenters. The van der Waals surface area contributed by atoms with E-state index < -0.39 is 10.1 Å². The molecule has 0 heterocycles. The third-order valence-electron chi connectivity index (χ3n) is 2.65. The predicted molar refractivity (Wildman–Crippen MR) is 51.9 cm³/mol. The van der Waals surface area contributed by atoms with Crippen molar-refractivity contribution >= 4 is 10.1 Å². The Morgan fingerprint density at radius 2 is 1.85 bits per heavy atom. The van der Waals surface area contributed by atoms with E-state index in [0.717, 1.165) is 25.5 Å². The van der Waals surface area contributed by atoms with E-state index in [9.17, 15) is 8.42 Å². The summed E-state index contributed by atoms with van der Waals surface area (Å²) in [7, 11) is -3.27. The average molecular weight is 206 g/mol. The van der Waals surface area contributed by atoms with Gasteiger partial charge in [0.2, 0.25) is 0 Å². The van der Waals surface area contributed by atoms with Crippen LogP contribution in [-0.2, 0) is 14.3 Å². The molecule has 0 saturated heterocycles. The highest BCUT2D eigenvalue weighted by Crippen LogP contribution is 2.31. The summed E-state index contributed by atoms with van der Waals surface area (Å²) in [6.45, 7) is 4.26. The molecule has 0 aromatic rings. The largest absolute Gasteiger partial charge is 0.267 e. The Bertz CT molecular complexity index is 258. The molecule has 1 rings (SSSR count). The Hall–Kier alpha value is -0.0900. The van der Waals surface area contributed by atoms with Crippen LogP contribution >= 0.6 is 0 Å². The van der Waals surface area contributed by atoms with Gasteiger partial charge in [-0.15, -0.1) is 0 Å². The maximum Gasteiger partial charge on any atom is 0.264 e. The Balaban J connectivity index is 2.52. The van der Waals surface area contributed by atoms with Gasteiger partial charge in [-0.25, -0.2) is 0 Å². The fourth-order valence-electron chi connectivity index (χ4n) is 2.01. The van der Waals surface area contributed by atoms with E-state index in [-0.39, 0.29) is 6.10 Å². The Kier molecular flexibility index (Phi) is 3.35. The van der Waals surface area contributed by atoms with E-state index in [1.165, 1.54) is 0 Å². The van der Waals surface area contributed by atoms with Gasteiger partial charge in [-0.1, -0.05) is 13.8 Å². The van der Waals surface area contributed by atoms with Crippen LogP contribution in [0.15, 0.2) is 0 Å². The average Bonchev–Trinajstić information content (AvgIpc) is 1.93. The van der Waals surface area contributed by atoms with Crippen LogP contribution in [0.5, 0.6) is 0 Å². The molecule has 0 radical (unpaired) electrons. The Labute approximate surface area is 80.6 Å². The van der Waals surface area contributed by atoms with Crippen molar-refractivity contribution in [1.82, 2.24) is 0 Å². The van der Waals surface area contributed by atoms with Gasteiger partial charge in [-0.3, -0.25) is 4.18 Å². The highest BCUT2D eigenvalue weighted by Gasteiger charge is 2.28. The second-order valence-electron chi connectivity index (χ2n) is 4.23. The zero-order valence-electron chi connectivity index (χ0n) is 8.49. The molecule has 0 bridgehead atoms. The van der Waals surface area contributed by atoms with Crippen molar-refractivity contribution in [3.8, 4) is 0 Å². The summed E-state index contributed by atoms with van der Waals surface area (Å²) in [6.07, 6.45) is 4.05. The minimum Gasteiger partial charge on any atom is -0.267 e. The molecule has 0 N–H and O–H groups in total. The van der Waals surface area contributed by atoms with Gasteiger partial charge >= 0.3 is 0 Å². The van der Waals surface area contributed by atoms with Crippen LogP contribution in [0.25, 0.3) is 0 Å². The third-order valence-corrected chi connectivity index (χ3v) is 3.25. The molecule has 0 aliphatic heterocycles. The van der Waals surface area contributed by atoms with E-state index in [4.69, 9.17) is 4.18 Å². The fourth-order valence-corrected chi connectivity index (χ4v) is 2.74. The molecular formula is C9H18O3S. The van der Waals surface area contributed by atoms with Crippen molar-refractivity contribution in [3.63, 3.8) is 0 Å². The predicted octanol–water partition coefficient (Wildman–Crippen LogP) is 1.79. The standard InChI is InChI=1S/C9H18O3S/c1-7-4-5-9(8(2)6-7)12-13(3,10)11/h7-9H,4-6H2,1-3H3. The van der Waals surface area contributed by atoms with Crippen molar-refractivity contribution in [1.29, 1.82) is 0 Å². The first-order valence-corrected chi connectivity index (χ1v) is 6.58. The molecule has 13 heavy (non-hydrogen) atoms. The van der Waals surface area contributed by atoms with Crippen molar-refractivity contribution < 1.29 is 12.6 Å². The second kappa shape index (κ2) is 3.96. The maximum absolute atomic E-state index is 10.9. The van der Waals surface area contributed by atoms with Crippen LogP contribution in [-0.4, -0.2) is 20.8 Å². The van der Waals surface area contributed by atoms with Crippen LogP contribution in [0.3, 0.4) is 0 Å². The minimum atomic E-state index is -3.27. The van der Waals surface area contributed by atoms with Crippen LogP contribution in [0.4, 0.5) is 0 Å². The van der Waals surface area contributed by atoms with E-state index in [0.29, 0.717) is 11.8 Å². The third kappa shape index (κ3) is 3.65. The zero-order valence-corrected chi connectivity index (χ0v) is 9.30. The summed E-state index contributed by atoms with van der Waals surface area (Å²) in [4.78, 5) is 0. The maximum atomic E-state index is 10.9. The normalized spacial score (nSPS) is 36.1. The van der Waals surface area contributed by atoms with Crippen molar-refractivity contribution in [2.75, 3.05) is 6.26 Å². The first-order valence-electron chi connectivity index (χ1n) is 4.76. The molecular weight excluding hydrogens is 188 g/mol. The van der Waals surface area contributed by atoms with E-state index >= 15 is 0 Å². The molecule has 1 fully saturated rings. The molecule has 0 spiro atoms. The van der Waals surface area contributed by atoms with Gasteiger partial charge in [-0.05, 0) is 31.1 Å². The quantitative estimate of drug-likeness (QED) is 0.647. The summed E-state index contributed by atoms with van der Waals surface area (Å²) < 4.78 is 26.8. The molecule has 78 valence electrons. The SMILES string of the molecule is CC1CCC(OS(C)(=O)=O)C(C)C1. The number of rotatable bonds is 2. The van der Waals surface area contributed by atoms with Crippen molar-refractivity contribution in [2.45, 2.75) is 39.2 Å². The second-order valence-corrected chi connectivity index (χ2v) is 5.84. The summed E-state index contributed by atoms with van der Waals surface area (Å²) in [5.74, 6) is 1.06. The van der Waals surface area contributed by atoms with Gasteiger partial charge in [0.05, 0.1) is 12.4 Å². The highest BCUT2D eigenvalue weighted by molar-refractivity contribution is 7.86. The molecule has 4 heteroatoms. The lowest BCUT2D eigenvalue weighted by atomic mass is 9.81. The molecule has 3 nitrogen and oxygen atoms in total. The lowest BCUT2D eigenvalue weighted by Gasteiger charge is -2.31. The van der Waals surface area contributed by atoms with Gasteiger partial charge in [0, 0.05) is 0 Å². The van der Waals surface area contributed by atoms with Gasteiger partial charge < -0.3 is 0 Å². The lowest BCUT2D eigenvalue weighted by molar-refractivity contribution is 0.0892. The summed E-state index contributed by atoms with van der Waals surface area (Å²) in [6, 6.07) is 0. The van der Waals surface area contributed by atoms with Crippen LogP contribution in [0.2, 0.25) is 0 Å². The molecule has 0 aromatic heterocycles. The molecule has 1 saturated carbocycles. The fraction of sp³-hybridized carbons (Fsp3) is 1.00. The van der Waals surface area contributed by atoms with Crippen LogP contribution < -0.4 is 0 Å². The Morgan fingerprint density at radius 1 is 1.23 bits per heavy atom. The lowest BCUT2D eigenvalue weighted by Crippen LogP contribution is -2.30. The molecule has 3 atom stereocenters. The van der Waals surface area contributed by atoms with Gasteiger partial charge in [0.1, 0.15) is 0 Å². The zero-order chi connectivity index (χ0) is 10.1. The van der Waals surface area contributed by atoms with Crippen molar-refractivity contribution in [3.05, 3.63) is 0 Å². The first kappa shape index (κ1) is 11.0. The van der Waals surface area contributed by atoms with E-state index in [2.05, 4.69) is 13.8 Å². The molecule has 1 aliphatic carbocycles. The van der Waals surface area contributed by atoms with Crippen molar-refractivity contribution in [2.24, 2.45) is 11.8 Å². The number of hydrogen-bond donors (Lipinski definition) is 0. The van der Waals surface area contributed by atoms with Gasteiger partial charge in [-0.2, -0.15) is 8.42 Å². The summed E-state index contributed by atoms with van der Waals surface area (Å²) >= 11 is 0. The van der Waals surface area contributed by atoms with Gasteiger partial charge in [0.15, 0.2) is 0 Å². The molecule has 0 amide bonds. The van der Waals surface area contributed by atoms with E-state index in [1.54, 1.807) is 0 Å². The van der Waals surface area contributed by atoms with Gasteiger partial charge in [0.25, 0.3) is 10.1 Å². The Morgan fingerprint density at radius 3 is 2.31 bits per heavy atom. The minimum absolute atomic E-state index is 0.0915. The summed E-state index contributed by atoms with van der Waals surface area (Å²) in [5.41, 5.74) is 0. The molecule has 0 aromatic carbocycles. The molecule has 1 aliphatic rings. The smallest absolute Gasteiger partial charge is 0.264 e. The number of hydrogen-bond acceptors (Lipinski definition) is 3. The van der Waals surface area contributed by atoms with Crippen LogP contribution in [0.1, 0.15) is 33.1 Å². The summed E-state index contributed by atoms with van der Waals surface area (Å²) in [5, 5.41) is 0. The van der Waals surface area contributed by atoms with E-state index in [1.807, 2.05) is 0 Å².